The van der Waals surface area contributed by atoms with E-state index in [-0.39, 0.29) is 0 Å². The van der Waals surface area contributed by atoms with Crippen molar-refractivity contribution >= 4 is 29.1 Å². The molecule has 6 heteroatoms. The number of pyridine rings is 1. The van der Waals surface area contributed by atoms with Crippen LogP contribution in [0.1, 0.15) is 33.3 Å². The lowest BCUT2D eigenvalue weighted by atomic mass is 10.0. The maximum absolute atomic E-state index is 13.0. The molecule has 2 rings (SSSR count). The Morgan fingerprint density at radius 3 is 2.15 bits per heavy atom. The van der Waals surface area contributed by atoms with Crippen LogP contribution < -0.4 is 5.32 Å². The molecule has 0 saturated carbocycles. The summed E-state index contributed by atoms with van der Waals surface area (Å²) >= 11 is 10.9. The largest absolute Gasteiger partial charge is 0.348 e. The van der Waals surface area contributed by atoms with E-state index in [0.717, 1.165) is 16.8 Å². The van der Waals surface area contributed by atoms with Gasteiger partial charge >= 0.3 is 0 Å². The maximum atomic E-state index is 13.0. The van der Waals surface area contributed by atoms with E-state index in [1.165, 1.54) is 0 Å². The van der Waals surface area contributed by atoms with Crippen LogP contribution in [0.25, 0.3) is 11.3 Å². The van der Waals surface area contributed by atoms with Crippen LogP contribution in [0.2, 0.25) is 0 Å². The van der Waals surface area contributed by atoms with Crippen LogP contribution in [0.3, 0.4) is 0 Å². The van der Waals surface area contributed by atoms with Crippen LogP contribution in [0, 0.1) is 0 Å². The highest BCUT2D eigenvalue weighted by Gasteiger charge is 2.17. The Labute approximate surface area is 165 Å². The van der Waals surface area contributed by atoms with E-state index < -0.39 is 23.5 Å². The number of hydrogen-bond acceptors (Lipinski definition) is 2. The zero-order valence-corrected chi connectivity index (χ0v) is 17.2. The van der Waals surface area contributed by atoms with Gasteiger partial charge in [0.25, 0.3) is 5.91 Å². The van der Waals surface area contributed by atoms with Gasteiger partial charge < -0.3 is 5.32 Å². The Morgan fingerprint density at radius 1 is 1.08 bits per heavy atom. The van der Waals surface area contributed by atoms with Crippen LogP contribution in [-0.2, 0) is 11.2 Å². The molecule has 0 aliphatic carbocycles. The third-order valence-corrected chi connectivity index (χ3v) is 3.52. The van der Waals surface area contributed by atoms with Gasteiger partial charge in [-0.15, -0.1) is 0 Å². The monoisotopic (exact) mass is 400 g/mol. The zero-order valence-electron chi connectivity index (χ0n) is 15.7. The quantitative estimate of drug-likeness (QED) is 0.640. The van der Waals surface area contributed by atoms with Crippen molar-refractivity contribution in [3.8, 4) is 11.3 Å². The summed E-state index contributed by atoms with van der Waals surface area (Å²) < 4.78 is 13.0. The Kier molecular flexibility index (Phi) is 13.6. The van der Waals surface area contributed by atoms with Crippen LogP contribution in [0.4, 0.5) is 4.39 Å². The number of nitrogens with zero attached hydrogens (tertiary/aromatic N) is 1. The Hall–Kier alpha value is -1.65. The number of alkyl halides is 3. The molecule has 1 N–H and O–H groups in total. The van der Waals surface area contributed by atoms with E-state index in [1.807, 2.05) is 70.2 Å². The highest BCUT2D eigenvalue weighted by molar-refractivity contribution is 6.53. The summed E-state index contributed by atoms with van der Waals surface area (Å²) in [6, 6.07) is 12.7. The molecule has 0 spiro atoms. The molecule has 1 aromatic carbocycles. The summed E-state index contributed by atoms with van der Waals surface area (Å²) in [6.07, 6.45) is 2.10. The van der Waals surface area contributed by atoms with Crippen LogP contribution in [0.15, 0.2) is 48.7 Å². The van der Waals surface area contributed by atoms with E-state index in [9.17, 15) is 9.18 Å². The molecule has 144 valence electrons. The van der Waals surface area contributed by atoms with Crippen LogP contribution in [-0.4, -0.2) is 28.4 Å². The van der Waals surface area contributed by atoms with Crippen molar-refractivity contribution in [2.45, 2.75) is 45.0 Å². The molecule has 1 heterocycles. The molecule has 3 nitrogen and oxygen atoms in total. The number of halogens is 3. The van der Waals surface area contributed by atoms with E-state index in [4.69, 9.17) is 23.2 Å². The molecule has 1 amide bonds. The molecule has 0 radical (unpaired) electrons. The number of nitrogens with one attached hydrogen (secondary N) is 1. The predicted octanol–water partition coefficient (Wildman–Crippen LogP) is 5.60. The molecule has 26 heavy (non-hydrogen) atoms. The first-order valence-electron chi connectivity index (χ1n) is 8.75. The summed E-state index contributed by atoms with van der Waals surface area (Å²) in [5, 5.41) is 2.47. The van der Waals surface area contributed by atoms with Crippen molar-refractivity contribution in [1.29, 1.82) is 0 Å². The average molecular weight is 401 g/mol. The van der Waals surface area contributed by atoms with Crippen molar-refractivity contribution in [1.82, 2.24) is 10.3 Å². The second-order valence-electron chi connectivity index (χ2n) is 4.78. The van der Waals surface area contributed by atoms with Crippen molar-refractivity contribution in [3.63, 3.8) is 0 Å². The van der Waals surface area contributed by atoms with Crippen molar-refractivity contribution in [2.75, 3.05) is 6.67 Å². The van der Waals surface area contributed by atoms with Gasteiger partial charge in [-0.25, -0.2) is 4.39 Å². The molecule has 1 atom stereocenters. The van der Waals surface area contributed by atoms with Crippen molar-refractivity contribution in [2.24, 2.45) is 0 Å². The van der Waals surface area contributed by atoms with Gasteiger partial charge in [-0.3, -0.25) is 9.78 Å². The summed E-state index contributed by atoms with van der Waals surface area (Å²) in [4.78, 5) is 14.5. The van der Waals surface area contributed by atoms with Gasteiger partial charge in [0.05, 0.1) is 11.7 Å². The number of benzene rings is 1. The predicted molar refractivity (Wildman–Crippen MR) is 109 cm³/mol. The number of amides is 1. The minimum absolute atomic E-state index is 0.366. The number of hydrogen-bond donors (Lipinski definition) is 1. The van der Waals surface area contributed by atoms with Crippen LogP contribution in [0.5, 0.6) is 0 Å². The normalized spacial score (nSPS) is 10.8. The molecule has 0 saturated heterocycles. The van der Waals surface area contributed by atoms with Gasteiger partial charge in [0.15, 0.2) is 4.84 Å². The Balaban J connectivity index is 0.00000146. The fourth-order valence-corrected chi connectivity index (χ4v) is 2.16. The maximum Gasteiger partial charge on any atom is 0.253 e. The van der Waals surface area contributed by atoms with Gasteiger partial charge in [-0.1, -0.05) is 81.2 Å². The second-order valence-corrected chi connectivity index (χ2v) is 5.87. The topological polar surface area (TPSA) is 42.0 Å². The van der Waals surface area contributed by atoms with E-state index >= 15 is 0 Å². The SMILES string of the molecule is CC.CC.O=C(N[C@H](CF)Cc1ccc(-c2ccccn2)cc1)C(Cl)Cl. The average Bonchev–Trinajstić information content (AvgIpc) is 2.71. The Bertz CT molecular complexity index is 607. The Morgan fingerprint density at radius 2 is 1.69 bits per heavy atom. The minimum atomic E-state index is -1.19. The van der Waals surface area contributed by atoms with Crippen molar-refractivity contribution in [3.05, 3.63) is 54.2 Å². The summed E-state index contributed by atoms with van der Waals surface area (Å²) in [7, 11) is 0. The summed E-state index contributed by atoms with van der Waals surface area (Å²) in [5.74, 6) is -0.587. The molecule has 2 aromatic rings. The first kappa shape index (κ1) is 24.4. The standard InChI is InChI=1S/C16H15Cl2FN2O.2C2H6/c17-15(18)16(22)21-13(10-19)9-11-4-6-12(7-5-11)14-3-1-2-8-20-14;2*1-2/h1-8,13,15H,9-10H2,(H,21,22);2*1-2H3/t13-;;/m0../s1. The summed E-state index contributed by atoms with van der Waals surface area (Å²) in [5.41, 5.74) is 2.76. The number of carbonyl (C=O) groups excluding carboxylic acids is 1. The smallest absolute Gasteiger partial charge is 0.253 e. The van der Waals surface area contributed by atoms with E-state index in [0.29, 0.717) is 6.42 Å². The van der Waals surface area contributed by atoms with E-state index in [1.54, 1.807) is 6.20 Å². The third kappa shape index (κ3) is 8.63. The number of aromatic nitrogens is 1. The molecule has 1 aromatic heterocycles. The molecule has 0 fully saturated rings. The molecule has 0 unspecified atom stereocenters. The lowest BCUT2D eigenvalue weighted by molar-refractivity contribution is -0.120. The fraction of sp³-hybridized carbons (Fsp3) is 0.400. The lowest BCUT2D eigenvalue weighted by Gasteiger charge is -2.16. The first-order chi connectivity index (χ1) is 12.6. The van der Waals surface area contributed by atoms with Gasteiger partial charge in [-0.2, -0.15) is 0 Å². The van der Waals surface area contributed by atoms with Crippen molar-refractivity contribution < 1.29 is 9.18 Å². The molecule has 0 aliphatic rings. The highest BCUT2D eigenvalue weighted by atomic mass is 35.5. The van der Waals surface area contributed by atoms with Gasteiger partial charge in [0.1, 0.15) is 6.67 Å². The number of rotatable bonds is 6. The van der Waals surface area contributed by atoms with Gasteiger partial charge in [-0.05, 0) is 24.1 Å². The molecular formula is C20H27Cl2FN2O. The second kappa shape index (κ2) is 14.5. The third-order valence-electron chi connectivity index (χ3n) is 3.13. The van der Waals surface area contributed by atoms with Crippen LogP contribution >= 0.6 is 23.2 Å². The van der Waals surface area contributed by atoms with Gasteiger partial charge in [0.2, 0.25) is 0 Å². The fourth-order valence-electron chi connectivity index (χ4n) is 2.04. The first-order valence-corrected chi connectivity index (χ1v) is 9.62. The summed E-state index contributed by atoms with van der Waals surface area (Å²) in [6.45, 7) is 7.31. The lowest BCUT2D eigenvalue weighted by Crippen LogP contribution is -2.40. The molecular weight excluding hydrogens is 374 g/mol. The van der Waals surface area contributed by atoms with Gasteiger partial charge in [0, 0.05) is 11.8 Å². The molecule has 0 bridgehead atoms. The van der Waals surface area contributed by atoms with E-state index in [2.05, 4.69) is 10.3 Å². The minimum Gasteiger partial charge on any atom is -0.348 e. The molecule has 0 aliphatic heterocycles. The zero-order chi connectivity index (χ0) is 19.9. The number of carbonyl (C=O) groups is 1. The highest BCUT2D eigenvalue weighted by Crippen LogP contribution is 2.17.